The molecule has 0 atom stereocenters. The standard InChI is InChI=1S/C18H25NO4/c1-14-7-6-8-15(13-14)23-12-5-2-9-16(20)19-18(17(21)22)10-3-4-11-18/h6-8,13H,2-5,9-12H2,1H3,(H,19,20)(H,21,22). The highest BCUT2D eigenvalue weighted by Gasteiger charge is 2.42. The second-order valence-electron chi connectivity index (χ2n) is 6.26. The van der Waals surface area contributed by atoms with Crippen LogP contribution < -0.4 is 10.1 Å². The van der Waals surface area contributed by atoms with Gasteiger partial charge in [0.1, 0.15) is 11.3 Å². The molecule has 0 heterocycles. The van der Waals surface area contributed by atoms with Crippen molar-refractivity contribution in [2.24, 2.45) is 0 Å². The van der Waals surface area contributed by atoms with Crippen molar-refractivity contribution in [3.05, 3.63) is 29.8 Å². The molecule has 0 bridgehead atoms. The first-order valence-electron chi connectivity index (χ1n) is 8.26. The number of carboxylic acids is 1. The van der Waals surface area contributed by atoms with Gasteiger partial charge >= 0.3 is 5.97 Å². The van der Waals surface area contributed by atoms with Crippen molar-refractivity contribution in [1.82, 2.24) is 5.32 Å². The van der Waals surface area contributed by atoms with E-state index in [4.69, 9.17) is 4.74 Å². The molecule has 2 rings (SSSR count). The minimum Gasteiger partial charge on any atom is -0.494 e. The Bertz CT molecular complexity index is 550. The van der Waals surface area contributed by atoms with Gasteiger partial charge in [0.2, 0.25) is 5.91 Å². The number of hydrogen-bond donors (Lipinski definition) is 2. The maximum absolute atomic E-state index is 12.0. The zero-order valence-electron chi connectivity index (χ0n) is 13.6. The van der Waals surface area contributed by atoms with Crippen molar-refractivity contribution in [2.45, 2.75) is 57.4 Å². The van der Waals surface area contributed by atoms with E-state index < -0.39 is 11.5 Å². The summed E-state index contributed by atoms with van der Waals surface area (Å²) in [6, 6.07) is 7.85. The fraction of sp³-hybridized carbons (Fsp3) is 0.556. The normalized spacial score (nSPS) is 16.0. The summed E-state index contributed by atoms with van der Waals surface area (Å²) in [5, 5.41) is 12.1. The Morgan fingerprint density at radius 3 is 2.65 bits per heavy atom. The monoisotopic (exact) mass is 319 g/mol. The van der Waals surface area contributed by atoms with Crippen LogP contribution in [0.4, 0.5) is 0 Å². The molecule has 5 nitrogen and oxygen atoms in total. The van der Waals surface area contributed by atoms with E-state index in [1.54, 1.807) is 0 Å². The van der Waals surface area contributed by atoms with E-state index in [0.717, 1.165) is 30.6 Å². The van der Waals surface area contributed by atoms with Crippen LogP contribution in [0.15, 0.2) is 24.3 Å². The number of carbonyl (C=O) groups excluding carboxylic acids is 1. The molecule has 0 saturated heterocycles. The number of amides is 1. The molecular formula is C18H25NO4. The van der Waals surface area contributed by atoms with E-state index in [1.807, 2.05) is 31.2 Å². The first kappa shape index (κ1) is 17.3. The topological polar surface area (TPSA) is 75.6 Å². The van der Waals surface area contributed by atoms with Crippen LogP contribution in [0.1, 0.15) is 50.5 Å². The van der Waals surface area contributed by atoms with Gasteiger partial charge in [-0.25, -0.2) is 4.79 Å². The molecule has 1 saturated carbocycles. The van der Waals surface area contributed by atoms with Crippen LogP contribution in [-0.4, -0.2) is 29.1 Å². The van der Waals surface area contributed by atoms with Gasteiger partial charge in [-0.15, -0.1) is 0 Å². The molecule has 1 aliphatic rings. The third-order valence-corrected chi connectivity index (χ3v) is 4.30. The molecule has 0 unspecified atom stereocenters. The molecule has 2 N–H and O–H groups in total. The van der Waals surface area contributed by atoms with E-state index >= 15 is 0 Å². The first-order chi connectivity index (χ1) is 11.0. The van der Waals surface area contributed by atoms with Gasteiger partial charge in [-0.3, -0.25) is 4.79 Å². The molecule has 0 radical (unpaired) electrons. The molecule has 0 spiro atoms. The van der Waals surface area contributed by atoms with Crippen LogP contribution in [-0.2, 0) is 9.59 Å². The lowest BCUT2D eigenvalue weighted by Gasteiger charge is -2.25. The van der Waals surface area contributed by atoms with Gasteiger partial charge in [0.05, 0.1) is 6.61 Å². The van der Waals surface area contributed by atoms with Crippen molar-refractivity contribution in [1.29, 1.82) is 0 Å². The van der Waals surface area contributed by atoms with Gasteiger partial charge in [0.25, 0.3) is 0 Å². The third-order valence-electron chi connectivity index (χ3n) is 4.30. The molecule has 1 aliphatic carbocycles. The zero-order chi connectivity index (χ0) is 16.7. The maximum Gasteiger partial charge on any atom is 0.329 e. The summed E-state index contributed by atoms with van der Waals surface area (Å²) < 4.78 is 5.63. The predicted octanol–water partition coefficient (Wildman–Crippen LogP) is 3.06. The summed E-state index contributed by atoms with van der Waals surface area (Å²) in [5.74, 6) is -0.249. The van der Waals surface area contributed by atoms with Gasteiger partial charge in [-0.1, -0.05) is 25.0 Å². The van der Waals surface area contributed by atoms with E-state index in [9.17, 15) is 14.7 Å². The zero-order valence-corrected chi connectivity index (χ0v) is 13.6. The molecule has 1 fully saturated rings. The summed E-state index contributed by atoms with van der Waals surface area (Å²) >= 11 is 0. The van der Waals surface area contributed by atoms with Gasteiger partial charge in [0, 0.05) is 6.42 Å². The Morgan fingerprint density at radius 2 is 2.00 bits per heavy atom. The molecule has 5 heteroatoms. The fourth-order valence-corrected chi connectivity index (χ4v) is 2.98. The lowest BCUT2D eigenvalue weighted by atomic mass is 9.97. The lowest BCUT2D eigenvalue weighted by molar-refractivity contribution is -0.147. The molecular weight excluding hydrogens is 294 g/mol. The Hall–Kier alpha value is -2.04. The number of aryl methyl sites for hydroxylation is 1. The number of nitrogens with one attached hydrogen (secondary N) is 1. The van der Waals surface area contributed by atoms with Crippen molar-refractivity contribution >= 4 is 11.9 Å². The van der Waals surface area contributed by atoms with Crippen LogP contribution in [0.3, 0.4) is 0 Å². The minimum absolute atomic E-state index is 0.176. The highest BCUT2D eigenvalue weighted by Crippen LogP contribution is 2.30. The van der Waals surface area contributed by atoms with Crippen molar-refractivity contribution in [3.63, 3.8) is 0 Å². The predicted molar refractivity (Wildman–Crippen MR) is 87.5 cm³/mol. The largest absolute Gasteiger partial charge is 0.494 e. The number of carbonyl (C=O) groups is 2. The summed E-state index contributed by atoms with van der Waals surface area (Å²) in [6.45, 7) is 2.57. The Balaban J connectivity index is 1.66. The van der Waals surface area contributed by atoms with Crippen LogP contribution in [0.25, 0.3) is 0 Å². The number of ether oxygens (including phenoxy) is 1. The SMILES string of the molecule is Cc1cccc(OCCCCC(=O)NC2(C(=O)O)CCCC2)c1. The van der Waals surface area contributed by atoms with Crippen molar-refractivity contribution in [3.8, 4) is 5.75 Å². The second-order valence-corrected chi connectivity index (χ2v) is 6.26. The number of carboxylic acid groups (broad SMARTS) is 1. The Morgan fingerprint density at radius 1 is 1.26 bits per heavy atom. The Labute approximate surface area is 137 Å². The lowest BCUT2D eigenvalue weighted by Crippen LogP contribution is -2.52. The van der Waals surface area contributed by atoms with Gasteiger partial charge in [-0.05, 0) is 50.3 Å². The average molecular weight is 319 g/mol. The molecule has 23 heavy (non-hydrogen) atoms. The van der Waals surface area contributed by atoms with E-state index in [2.05, 4.69) is 5.32 Å². The summed E-state index contributed by atoms with van der Waals surface area (Å²) in [4.78, 5) is 23.4. The number of benzene rings is 1. The van der Waals surface area contributed by atoms with Crippen LogP contribution in [0, 0.1) is 6.92 Å². The highest BCUT2D eigenvalue weighted by molar-refractivity contribution is 5.87. The Kier molecular flexibility index (Phi) is 6.02. The maximum atomic E-state index is 12.0. The van der Waals surface area contributed by atoms with Crippen molar-refractivity contribution in [2.75, 3.05) is 6.61 Å². The summed E-state index contributed by atoms with van der Waals surface area (Å²) in [5.41, 5.74) is 0.118. The molecule has 0 aromatic heterocycles. The number of rotatable bonds is 8. The summed E-state index contributed by atoms with van der Waals surface area (Å²) in [6.07, 6.45) is 4.57. The average Bonchev–Trinajstić information content (AvgIpc) is 2.97. The quantitative estimate of drug-likeness (QED) is 0.722. The molecule has 0 aliphatic heterocycles. The van der Waals surface area contributed by atoms with Crippen LogP contribution in [0.2, 0.25) is 0 Å². The highest BCUT2D eigenvalue weighted by atomic mass is 16.5. The molecule has 1 amide bonds. The van der Waals surface area contributed by atoms with E-state index in [1.165, 1.54) is 0 Å². The van der Waals surface area contributed by atoms with E-state index in [0.29, 0.717) is 32.3 Å². The smallest absolute Gasteiger partial charge is 0.329 e. The van der Waals surface area contributed by atoms with Crippen LogP contribution in [0.5, 0.6) is 5.75 Å². The molecule has 1 aromatic carbocycles. The summed E-state index contributed by atoms with van der Waals surface area (Å²) in [7, 11) is 0. The number of hydrogen-bond acceptors (Lipinski definition) is 3. The van der Waals surface area contributed by atoms with Gasteiger partial charge in [0.15, 0.2) is 0 Å². The molecule has 1 aromatic rings. The number of unbranched alkanes of at least 4 members (excludes halogenated alkanes) is 1. The van der Waals surface area contributed by atoms with Crippen LogP contribution >= 0.6 is 0 Å². The van der Waals surface area contributed by atoms with E-state index in [-0.39, 0.29) is 5.91 Å². The minimum atomic E-state index is -1.03. The number of aliphatic carboxylic acids is 1. The van der Waals surface area contributed by atoms with Gasteiger partial charge in [-0.2, -0.15) is 0 Å². The first-order valence-corrected chi connectivity index (χ1v) is 8.26. The fourth-order valence-electron chi connectivity index (χ4n) is 2.98. The second kappa shape index (κ2) is 7.99. The third kappa shape index (κ3) is 4.98. The van der Waals surface area contributed by atoms with Gasteiger partial charge < -0.3 is 15.2 Å². The molecule has 126 valence electrons. The van der Waals surface area contributed by atoms with Crippen molar-refractivity contribution < 1.29 is 19.4 Å².